The highest BCUT2D eigenvalue weighted by molar-refractivity contribution is 7.21. The number of halogens is 2. The molecule has 10 nitrogen and oxygen atoms in total. The average Bonchev–Trinajstić information content (AvgIpc) is 3.57. The Morgan fingerprint density at radius 1 is 1.11 bits per heavy atom. The van der Waals surface area contributed by atoms with Gasteiger partial charge in [-0.2, -0.15) is 10.2 Å². The fourth-order valence-corrected chi connectivity index (χ4v) is 5.16. The molecule has 0 aliphatic carbocycles. The number of fused-ring (bicyclic) bond motifs is 1. The summed E-state index contributed by atoms with van der Waals surface area (Å²) in [4.78, 5) is 33.6. The average molecular weight is 529 g/mol. The van der Waals surface area contributed by atoms with Crippen molar-refractivity contribution in [1.29, 1.82) is 0 Å². The first-order valence-corrected chi connectivity index (χ1v) is 12.6. The van der Waals surface area contributed by atoms with E-state index in [1.54, 1.807) is 28.4 Å². The minimum absolute atomic E-state index is 0.161. The summed E-state index contributed by atoms with van der Waals surface area (Å²) in [6.07, 6.45) is 8.12. The van der Waals surface area contributed by atoms with E-state index in [0.717, 1.165) is 10.4 Å². The second-order valence-corrected chi connectivity index (χ2v) is 10.1. The van der Waals surface area contributed by atoms with Crippen LogP contribution in [0, 0.1) is 6.92 Å². The van der Waals surface area contributed by atoms with Gasteiger partial charge in [0.15, 0.2) is 0 Å². The number of aryl methyl sites for hydroxylation is 2. The highest BCUT2D eigenvalue weighted by Gasteiger charge is 2.33. The molecule has 0 atom stereocenters. The standard InChI is InChI=1S/C24H26F2N8O2S/c1-15-19(9-16(10-28-15)21(35)27-5-8-33-6-3-24(25,26)4-7-33)31-22(36)18-12-30-34-14-20(37-23(18)34)17-11-29-32(2)13-17/h9-14H,3-8H2,1-2H3,(H,27,35)(H,31,36). The number of nitrogens with one attached hydrogen (secondary N) is 2. The molecule has 2 amide bonds. The first-order chi connectivity index (χ1) is 17.7. The highest BCUT2D eigenvalue weighted by Crippen LogP contribution is 2.31. The van der Waals surface area contributed by atoms with Crippen molar-refractivity contribution >= 4 is 33.7 Å². The number of likely N-dealkylation sites (tertiary alicyclic amines) is 1. The van der Waals surface area contributed by atoms with Crippen molar-refractivity contribution in [2.45, 2.75) is 25.7 Å². The lowest BCUT2D eigenvalue weighted by molar-refractivity contribution is -0.0547. The van der Waals surface area contributed by atoms with Crippen molar-refractivity contribution < 1.29 is 18.4 Å². The molecule has 4 aromatic heterocycles. The minimum Gasteiger partial charge on any atom is -0.351 e. The number of alkyl halides is 2. The summed E-state index contributed by atoms with van der Waals surface area (Å²) in [7, 11) is 1.84. The minimum atomic E-state index is -2.60. The quantitative estimate of drug-likeness (QED) is 0.381. The van der Waals surface area contributed by atoms with Crippen LogP contribution in [-0.2, 0) is 7.05 Å². The van der Waals surface area contributed by atoms with Crippen LogP contribution < -0.4 is 10.6 Å². The van der Waals surface area contributed by atoms with E-state index in [4.69, 9.17) is 0 Å². The molecule has 0 bridgehead atoms. The van der Waals surface area contributed by atoms with Crippen molar-refractivity contribution in [3.8, 4) is 10.4 Å². The fourth-order valence-electron chi connectivity index (χ4n) is 4.13. The monoisotopic (exact) mass is 528 g/mol. The number of hydrogen-bond donors (Lipinski definition) is 2. The van der Waals surface area contributed by atoms with Crippen LogP contribution in [0.15, 0.2) is 37.1 Å². The normalized spacial score (nSPS) is 15.7. The molecule has 13 heteroatoms. The van der Waals surface area contributed by atoms with Crippen LogP contribution in [-0.4, -0.2) is 73.2 Å². The van der Waals surface area contributed by atoms with Crippen molar-refractivity contribution in [3.63, 3.8) is 0 Å². The van der Waals surface area contributed by atoms with E-state index in [1.165, 1.54) is 23.7 Å². The van der Waals surface area contributed by atoms with Gasteiger partial charge in [-0.05, 0) is 13.0 Å². The molecular weight excluding hydrogens is 502 g/mol. The molecule has 194 valence electrons. The Bertz CT molecular complexity index is 1450. The predicted molar refractivity (Wildman–Crippen MR) is 135 cm³/mol. The molecular formula is C24H26F2N8O2S. The van der Waals surface area contributed by atoms with Gasteiger partial charge in [0.2, 0.25) is 0 Å². The number of piperidine rings is 1. The van der Waals surface area contributed by atoms with Crippen LogP contribution in [0.4, 0.5) is 14.5 Å². The van der Waals surface area contributed by atoms with Gasteiger partial charge in [0, 0.05) is 70.2 Å². The Morgan fingerprint density at radius 2 is 1.89 bits per heavy atom. The van der Waals surface area contributed by atoms with Crippen molar-refractivity contribution in [2.24, 2.45) is 7.05 Å². The zero-order chi connectivity index (χ0) is 26.2. The number of hydrogen-bond acceptors (Lipinski definition) is 7. The number of pyridine rings is 1. The molecule has 1 aliphatic heterocycles. The predicted octanol–water partition coefficient (Wildman–Crippen LogP) is 3.21. The molecule has 1 aliphatic rings. The van der Waals surface area contributed by atoms with E-state index in [-0.39, 0.29) is 24.7 Å². The smallest absolute Gasteiger partial charge is 0.260 e. The largest absolute Gasteiger partial charge is 0.351 e. The Hall–Kier alpha value is -3.71. The van der Waals surface area contributed by atoms with E-state index in [1.807, 2.05) is 24.3 Å². The molecule has 0 unspecified atom stereocenters. The zero-order valence-corrected chi connectivity index (χ0v) is 21.2. The van der Waals surface area contributed by atoms with Crippen molar-refractivity contribution in [1.82, 2.24) is 34.6 Å². The van der Waals surface area contributed by atoms with Crippen LogP contribution in [0.25, 0.3) is 15.3 Å². The third-order valence-corrected chi connectivity index (χ3v) is 7.49. The van der Waals surface area contributed by atoms with Gasteiger partial charge in [-0.1, -0.05) is 0 Å². The van der Waals surface area contributed by atoms with Gasteiger partial charge in [-0.3, -0.25) is 19.3 Å². The summed E-state index contributed by atoms with van der Waals surface area (Å²) >= 11 is 1.43. The van der Waals surface area contributed by atoms with Crippen molar-refractivity contribution in [2.75, 3.05) is 31.5 Å². The summed E-state index contributed by atoms with van der Waals surface area (Å²) in [5.74, 6) is -3.31. The van der Waals surface area contributed by atoms with E-state index in [2.05, 4.69) is 25.8 Å². The summed E-state index contributed by atoms with van der Waals surface area (Å²) in [5, 5.41) is 14.1. The van der Waals surface area contributed by atoms with Crippen LogP contribution in [0.5, 0.6) is 0 Å². The highest BCUT2D eigenvalue weighted by atomic mass is 32.1. The van der Waals surface area contributed by atoms with Crippen LogP contribution in [0.2, 0.25) is 0 Å². The van der Waals surface area contributed by atoms with Gasteiger partial charge in [0.05, 0.1) is 39.8 Å². The van der Waals surface area contributed by atoms with Gasteiger partial charge in [-0.25, -0.2) is 13.3 Å². The molecule has 1 fully saturated rings. The van der Waals surface area contributed by atoms with Gasteiger partial charge in [0.25, 0.3) is 17.7 Å². The number of thiazole rings is 1. The number of aromatic nitrogens is 5. The van der Waals surface area contributed by atoms with Crippen molar-refractivity contribution in [3.05, 3.63) is 53.9 Å². The Balaban J connectivity index is 1.23. The lowest BCUT2D eigenvalue weighted by Crippen LogP contribution is -2.43. The molecule has 0 saturated carbocycles. The molecule has 37 heavy (non-hydrogen) atoms. The number of anilines is 1. The molecule has 1 saturated heterocycles. The summed E-state index contributed by atoms with van der Waals surface area (Å²) in [5.41, 5.74) is 2.60. The summed E-state index contributed by atoms with van der Waals surface area (Å²) in [6, 6.07) is 1.58. The second kappa shape index (κ2) is 9.98. The summed E-state index contributed by atoms with van der Waals surface area (Å²) in [6.45, 7) is 3.17. The Labute approximate surface area is 215 Å². The van der Waals surface area contributed by atoms with Gasteiger partial charge >= 0.3 is 0 Å². The number of carbonyl (C=O) groups excluding carboxylic acids is 2. The fraction of sp³-hybridized carbons (Fsp3) is 0.375. The van der Waals surface area contributed by atoms with E-state index in [0.29, 0.717) is 53.5 Å². The number of rotatable bonds is 7. The maximum absolute atomic E-state index is 13.3. The third kappa shape index (κ3) is 5.52. The third-order valence-electron chi connectivity index (χ3n) is 6.33. The first-order valence-electron chi connectivity index (χ1n) is 11.8. The SMILES string of the molecule is Cc1ncc(C(=O)NCCN2CCC(F)(F)CC2)cc1NC(=O)c1cnn2cc(-c3cnn(C)c3)sc12. The molecule has 0 spiro atoms. The Morgan fingerprint density at radius 3 is 2.62 bits per heavy atom. The van der Waals surface area contributed by atoms with Gasteiger partial charge in [0.1, 0.15) is 4.83 Å². The zero-order valence-electron chi connectivity index (χ0n) is 20.4. The van der Waals surface area contributed by atoms with E-state index < -0.39 is 5.92 Å². The van der Waals surface area contributed by atoms with Crippen LogP contribution in [0.1, 0.15) is 39.3 Å². The number of amides is 2. The lowest BCUT2D eigenvalue weighted by atomic mass is 10.1. The molecule has 5 rings (SSSR count). The molecule has 2 N–H and O–H groups in total. The molecule has 4 aromatic rings. The van der Waals surface area contributed by atoms with E-state index in [9.17, 15) is 18.4 Å². The number of carbonyl (C=O) groups is 2. The maximum atomic E-state index is 13.3. The molecule has 5 heterocycles. The second-order valence-electron chi connectivity index (χ2n) is 9.07. The van der Waals surface area contributed by atoms with Crippen LogP contribution >= 0.6 is 11.3 Å². The Kier molecular flexibility index (Phi) is 6.73. The maximum Gasteiger partial charge on any atom is 0.260 e. The summed E-state index contributed by atoms with van der Waals surface area (Å²) < 4.78 is 30.0. The first kappa shape index (κ1) is 25.0. The molecule has 0 aromatic carbocycles. The number of nitrogens with zero attached hydrogens (tertiary/aromatic N) is 6. The van der Waals surface area contributed by atoms with Gasteiger partial charge < -0.3 is 15.5 Å². The lowest BCUT2D eigenvalue weighted by Gasteiger charge is -2.31. The topological polar surface area (TPSA) is 109 Å². The van der Waals surface area contributed by atoms with Crippen LogP contribution in [0.3, 0.4) is 0 Å². The van der Waals surface area contributed by atoms with E-state index >= 15 is 0 Å². The van der Waals surface area contributed by atoms with Gasteiger partial charge in [-0.15, -0.1) is 11.3 Å². The molecule has 0 radical (unpaired) electrons.